The summed E-state index contributed by atoms with van der Waals surface area (Å²) in [5.74, 6) is 0.810. The van der Waals surface area contributed by atoms with Gasteiger partial charge < -0.3 is 9.47 Å². The molecule has 0 radical (unpaired) electrons. The summed E-state index contributed by atoms with van der Waals surface area (Å²) in [6.07, 6.45) is 0. The molecule has 0 aliphatic carbocycles. The largest absolute Gasteiger partial charge is 0.467 e. The van der Waals surface area contributed by atoms with E-state index in [1.54, 1.807) is 12.1 Å². The minimum absolute atomic E-state index is 0.132. The third-order valence-electron chi connectivity index (χ3n) is 3.28. The summed E-state index contributed by atoms with van der Waals surface area (Å²) in [5.41, 5.74) is 2.15. The van der Waals surface area contributed by atoms with Crippen LogP contribution < -0.4 is 4.74 Å². The van der Waals surface area contributed by atoms with Gasteiger partial charge in [-0.25, -0.2) is 4.39 Å². The highest BCUT2D eigenvalue weighted by molar-refractivity contribution is 7.83. The van der Waals surface area contributed by atoms with Crippen LogP contribution in [0.2, 0.25) is 5.02 Å². The monoisotopic (exact) mass is 340 g/mol. The number of hydrogen-bond donors (Lipinski definition) is 0. The molecule has 0 bridgehead atoms. The van der Waals surface area contributed by atoms with Crippen LogP contribution in [0.25, 0.3) is 0 Å². The van der Waals surface area contributed by atoms with Gasteiger partial charge in [-0.1, -0.05) is 23.7 Å². The molecule has 6 heteroatoms. The average molecular weight is 341 g/mol. The molecule has 0 saturated heterocycles. The fourth-order valence-corrected chi connectivity index (χ4v) is 3.83. The van der Waals surface area contributed by atoms with E-state index in [1.165, 1.54) is 12.1 Å². The van der Waals surface area contributed by atoms with Crippen molar-refractivity contribution in [3.63, 3.8) is 0 Å². The van der Waals surface area contributed by atoms with Gasteiger partial charge in [-0.2, -0.15) is 0 Å². The van der Waals surface area contributed by atoms with Crippen molar-refractivity contribution in [2.45, 2.75) is 18.1 Å². The zero-order valence-corrected chi connectivity index (χ0v) is 13.3. The Bertz CT molecular complexity index is 721. The lowest BCUT2D eigenvalue weighted by Gasteiger charge is -2.20. The van der Waals surface area contributed by atoms with Crippen LogP contribution in [-0.2, 0) is 33.6 Å². The molecule has 2 aromatic rings. The summed E-state index contributed by atoms with van der Waals surface area (Å²) in [6.45, 7) is 0.438. The predicted octanol–water partition coefficient (Wildman–Crippen LogP) is 3.79. The Morgan fingerprint density at radius 1 is 1.23 bits per heavy atom. The van der Waals surface area contributed by atoms with E-state index in [0.717, 1.165) is 5.56 Å². The summed E-state index contributed by atoms with van der Waals surface area (Å²) in [7, 11) is -1.18. The third-order valence-corrected chi connectivity index (χ3v) is 4.81. The number of fused-ring (bicyclic) bond motifs is 1. The van der Waals surface area contributed by atoms with Crippen molar-refractivity contribution in [2.75, 3.05) is 6.79 Å². The van der Waals surface area contributed by atoms with Crippen LogP contribution in [0.4, 0.5) is 4.39 Å². The maximum Gasteiger partial charge on any atom is 0.189 e. The predicted molar refractivity (Wildman–Crippen MR) is 83.7 cm³/mol. The van der Waals surface area contributed by atoms with E-state index >= 15 is 0 Å². The van der Waals surface area contributed by atoms with Gasteiger partial charge in [-0.05, 0) is 29.8 Å². The molecule has 1 aliphatic heterocycles. The Kier molecular flexibility index (Phi) is 4.76. The minimum atomic E-state index is -1.18. The van der Waals surface area contributed by atoms with Crippen LogP contribution in [0.5, 0.6) is 5.75 Å². The van der Waals surface area contributed by atoms with Gasteiger partial charge in [0, 0.05) is 32.7 Å². The molecule has 3 nitrogen and oxygen atoms in total. The van der Waals surface area contributed by atoms with Crippen molar-refractivity contribution >= 4 is 22.4 Å². The second kappa shape index (κ2) is 6.77. The Balaban J connectivity index is 1.78. The zero-order valence-electron chi connectivity index (χ0n) is 11.7. The van der Waals surface area contributed by atoms with E-state index in [0.29, 0.717) is 34.3 Å². The first-order chi connectivity index (χ1) is 10.6. The van der Waals surface area contributed by atoms with Crippen LogP contribution >= 0.6 is 11.6 Å². The standard InChI is InChI=1S/C16H14ClFO3S/c17-14-3-1-2-11(4-14)8-22(19)9-13-6-15(18)5-12-7-20-10-21-16(12)13/h1-6H,7-10H2/t22-/m0/s1. The van der Waals surface area contributed by atoms with E-state index in [-0.39, 0.29) is 18.4 Å². The van der Waals surface area contributed by atoms with Crippen molar-refractivity contribution in [3.8, 4) is 5.75 Å². The van der Waals surface area contributed by atoms with Crippen LogP contribution in [0, 0.1) is 5.82 Å². The van der Waals surface area contributed by atoms with E-state index in [1.807, 2.05) is 12.1 Å². The average Bonchev–Trinajstić information content (AvgIpc) is 2.47. The molecule has 2 aromatic carbocycles. The van der Waals surface area contributed by atoms with E-state index in [2.05, 4.69) is 0 Å². The van der Waals surface area contributed by atoms with Gasteiger partial charge in [0.2, 0.25) is 0 Å². The van der Waals surface area contributed by atoms with Crippen LogP contribution in [-0.4, -0.2) is 11.0 Å². The molecule has 1 atom stereocenters. The second-order valence-corrected chi connectivity index (χ2v) is 6.92. The lowest BCUT2D eigenvalue weighted by molar-refractivity contribution is -0.0171. The minimum Gasteiger partial charge on any atom is -0.467 e. The highest BCUT2D eigenvalue weighted by Gasteiger charge is 2.18. The van der Waals surface area contributed by atoms with Gasteiger partial charge >= 0.3 is 0 Å². The van der Waals surface area contributed by atoms with Gasteiger partial charge in [0.05, 0.1) is 12.4 Å². The first-order valence-electron chi connectivity index (χ1n) is 6.73. The van der Waals surface area contributed by atoms with Gasteiger partial charge in [0.15, 0.2) is 6.79 Å². The lowest BCUT2D eigenvalue weighted by Crippen LogP contribution is -2.14. The second-order valence-electron chi connectivity index (χ2n) is 5.02. The Morgan fingerprint density at radius 2 is 2.09 bits per heavy atom. The number of rotatable bonds is 4. The van der Waals surface area contributed by atoms with Crippen molar-refractivity contribution in [2.24, 2.45) is 0 Å². The highest BCUT2D eigenvalue weighted by Crippen LogP contribution is 2.30. The summed E-state index contributed by atoms with van der Waals surface area (Å²) in [5, 5.41) is 0.609. The molecule has 0 saturated carbocycles. The van der Waals surface area contributed by atoms with E-state index < -0.39 is 10.8 Å². The molecule has 0 unspecified atom stereocenters. The van der Waals surface area contributed by atoms with Crippen LogP contribution in [0.3, 0.4) is 0 Å². The highest BCUT2D eigenvalue weighted by atomic mass is 35.5. The molecular weight excluding hydrogens is 327 g/mol. The van der Waals surface area contributed by atoms with Gasteiger partial charge in [0.25, 0.3) is 0 Å². The number of ether oxygens (including phenoxy) is 2. The molecule has 0 spiro atoms. The molecule has 3 rings (SSSR count). The number of benzene rings is 2. The molecule has 0 amide bonds. The van der Waals surface area contributed by atoms with Gasteiger partial charge in [-0.3, -0.25) is 4.21 Å². The van der Waals surface area contributed by atoms with Crippen molar-refractivity contribution < 1.29 is 18.1 Å². The summed E-state index contributed by atoms with van der Waals surface area (Å²) in [4.78, 5) is 0. The van der Waals surface area contributed by atoms with Crippen molar-refractivity contribution in [1.29, 1.82) is 0 Å². The number of hydrogen-bond acceptors (Lipinski definition) is 3. The molecule has 116 valence electrons. The van der Waals surface area contributed by atoms with Gasteiger partial charge in [0.1, 0.15) is 11.6 Å². The fraction of sp³-hybridized carbons (Fsp3) is 0.250. The molecule has 0 fully saturated rings. The fourth-order valence-electron chi connectivity index (χ4n) is 2.40. The zero-order chi connectivity index (χ0) is 15.5. The molecular formula is C16H14ClFO3S. The van der Waals surface area contributed by atoms with Crippen LogP contribution in [0.15, 0.2) is 36.4 Å². The van der Waals surface area contributed by atoms with E-state index in [9.17, 15) is 8.60 Å². The Hall–Kier alpha value is -1.43. The molecule has 1 aliphatic rings. The maximum atomic E-state index is 13.7. The maximum absolute atomic E-state index is 13.7. The van der Waals surface area contributed by atoms with Crippen LogP contribution in [0.1, 0.15) is 16.7 Å². The Labute approximate surface area is 135 Å². The molecule has 1 heterocycles. The number of halogens is 2. The normalized spacial score (nSPS) is 15.0. The molecule has 0 aromatic heterocycles. The smallest absolute Gasteiger partial charge is 0.189 e. The third kappa shape index (κ3) is 3.66. The molecule has 0 N–H and O–H groups in total. The Morgan fingerprint density at radius 3 is 2.91 bits per heavy atom. The quantitative estimate of drug-likeness (QED) is 0.849. The molecule has 22 heavy (non-hydrogen) atoms. The summed E-state index contributed by atoms with van der Waals surface area (Å²) >= 11 is 5.92. The first-order valence-corrected chi connectivity index (χ1v) is 8.59. The van der Waals surface area contributed by atoms with Gasteiger partial charge in [-0.15, -0.1) is 0 Å². The summed E-state index contributed by atoms with van der Waals surface area (Å²) in [6, 6.07) is 10.0. The first kappa shape index (κ1) is 15.5. The van der Waals surface area contributed by atoms with E-state index in [4.69, 9.17) is 21.1 Å². The lowest BCUT2D eigenvalue weighted by atomic mass is 10.1. The van der Waals surface area contributed by atoms with Crippen molar-refractivity contribution in [3.05, 3.63) is 63.9 Å². The topological polar surface area (TPSA) is 35.5 Å². The summed E-state index contributed by atoms with van der Waals surface area (Å²) < 4.78 is 36.6. The SMILES string of the molecule is O=[S@@](Cc1cccc(Cl)c1)Cc1cc(F)cc2c1OCOC2. The van der Waals surface area contributed by atoms with Crippen molar-refractivity contribution in [1.82, 2.24) is 0 Å².